The topological polar surface area (TPSA) is 17.8 Å². The van der Waals surface area contributed by atoms with Gasteiger partial charge < -0.3 is 4.57 Å². The Balaban J connectivity index is 2.47. The lowest BCUT2D eigenvalue weighted by atomic mass is 10.2. The van der Waals surface area contributed by atoms with Gasteiger partial charge in [0.05, 0.1) is 0 Å². The fraction of sp³-hybridized carbons (Fsp3) is 0.100. The highest BCUT2D eigenvalue weighted by atomic mass is 19.1. The van der Waals surface area contributed by atoms with E-state index >= 15 is 0 Å². The zero-order valence-corrected chi connectivity index (χ0v) is 7.24. The van der Waals surface area contributed by atoms with E-state index in [2.05, 4.69) is 4.98 Å². The third kappa shape index (κ3) is 1.45. The molecule has 0 N–H and O–H groups in total. The van der Waals surface area contributed by atoms with E-state index in [0.29, 0.717) is 0 Å². The summed E-state index contributed by atoms with van der Waals surface area (Å²) in [6.45, 7) is 0. The minimum absolute atomic E-state index is 0.446. The normalized spacial score (nSPS) is 10.3. The summed E-state index contributed by atoms with van der Waals surface area (Å²) >= 11 is 0. The molecule has 0 bridgehead atoms. The first kappa shape index (κ1) is 7.98. The van der Waals surface area contributed by atoms with E-state index in [-0.39, 0.29) is 0 Å². The molecule has 13 heavy (non-hydrogen) atoms. The predicted molar refractivity (Wildman–Crippen MR) is 48.6 cm³/mol. The monoisotopic (exact) mass is 176 g/mol. The van der Waals surface area contributed by atoms with Crippen molar-refractivity contribution in [1.82, 2.24) is 9.55 Å². The van der Waals surface area contributed by atoms with Gasteiger partial charge in [-0.1, -0.05) is 0 Å². The summed E-state index contributed by atoms with van der Waals surface area (Å²) in [6, 6.07) is 6.99. The molecular weight excluding hydrogens is 167 g/mol. The molecule has 0 atom stereocenters. The van der Waals surface area contributed by atoms with Gasteiger partial charge in [0.1, 0.15) is 0 Å². The van der Waals surface area contributed by atoms with Crippen LogP contribution in [0.3, 0.4) is 0 Å². The Labute approximate surface area is 75.7 Å². The Kier molecular flexibility index (Phi) is 1.85. The Hall–Kier alpha value is -1.64. The fourth-order valence-electron chi connectivity index (χ4n) is 1.29. The lowest BCUT2D eigenvalue weighted by Gasteiger charge is -2.01. The molecule has 0 saturated heterocycles. The van der Waals surface area contributed by atoms with Crippen molar-refractivity contribution in [2.45, 2.75) is 0 Å². The molecule has 0 spiro atoms. The van der Waals surface area contributed by atoms with Gasteiger partial charge in [0.15, 0.2) is 0 Å². The largest absolute Gasteiger partial charge is 0.351 e. The van der Waals surface area contributed by atoms with Gasteiger partial charge >= 0.3 is 0 Å². The smallest absolute Gasteiger partial charge is 0.212 e. The fourth-order valence-corrected chi connectivity index (χ4v) is 1.29. The van der Waals surface area contributed by atoms with Gasteiger partial charge in [-0.2, -0.15) is 4.39 Å². The molecule has 2 rings (SSSR count). The Morgan fingerprint density at radius 2 is 2.15 bits per heavy atom. The molecule has 0 amide bonds. The van der Waals surface area contributed by atoms with Gasteiger partial charge in [-0.25, -0.2) is 4.98 Å². The van der Waals surface area contributed by atoms with E-state index in [0.717, 1.165) is 11.3 Å². The second kappa shape index (κ2) is 3.01. The van der Waals surface area contributed by atoms with Crippen molar-refractivity contribution in [3.05, 3.63) is 42.6 Å². The van der Waals surface area contributed by atoms with Gasteiger partial charge in [-0.05, 0) is 24.3 Å². The minimum atomic E-state index is -0.446. The third-order valence-corrected chi connectivity index (χ3v) is 1.97. The van der Waals surface area contributed by atoms with Crippen LogP contribution in [0.4, 0.5) is 4.39 Å². The summed E-state index contributed by atoms with van der Waals surface area (Å²) in [7, 11) is 1.94. The zero-order valence-electron chi connectivity index (χ0n) is 7.24. The van der Waals surface area contributed by atoms with Crippen LogP contribution in [-0.4, -0.2) is 9.55 Å². The van der Waals surface area contributed by atoms with Crippen molar-refractivity contribution in [1.29, 1.82) is 0 Å². The first-order valence-corrected chi connectivity index (χ1v) is 4.00. The molecule has 2 aromatic rings. The molecule has 2 aromatic heterocycles. The van der Waals surface area contributed by atoms with E-state index < -0.39 is 5.95 Å². The molecule has 0 aliphatic carbocycles. The van der Waals surface area contributed by atoms with Gasteiger partial charge in [-0.3, -0.25) is 0 Å². The zero-order chi connectivity index (χ0) is 9.26. The van der Waals surface area contributed by atoms with Crippen LogP contribution in [0, 0.1) is 5.95 Å². The van der Waals surface area contributed by atoms with Crippen LogP contribution in [0.1, 0.15) is 0 Å². The maximum atomic E-state index is 12.5. The summed E-state index contributed by atoms with van der Waals surface area (Å²) in [5.41, 5.74) is 1.96. The van der Waals surface area contributed by atoms with E-state index in [9.17, 15) is 4.39 Å². The number of aryl methyl sites for hydroxylation is 1. The van der Waals surface area contributed by atoms with E-state index in [1.807, 2.05) is 29.9 Å². The summed E-state index contributed by atoms with van der Waals surface area (Å²) < 4.78 is 14.5. The maximum absolute atomic E-state index is 12.5. The van der Waals surface area contributed by atoms with Gasteiger partial charge in [-0.15, -0.1) is 0 Å². The van der Waals surface area contributed by atoms with Crippen molar-refractivity contribution in [3.63, 3.8) is 0 Å². The highest BCUT2D eigenvalue weighted by Crippen LogP contribution is 2.17. The maximum Gasteiger partial charge on any atom is 0.212 e. The summed E-state index contributed by atoms with van der Waals surface area (Å²) in [5.74, 6) is -0.446. The van der Waals surface area contributed by atoms with Crippen molar-refractivity contribution in [2.75, 3.05) is 0 Å². The lowest BCUT2D eigenvalue weighted by Crippen LogP contribution is -1.90. The first-order valence-electron chi connectivity index (χ1n) is 4.00. The van der Waals surface area contributed by atoms with Crippen LogP contribution in [0.25, 0.3) is 11.3 Å². The average Bonchev–Trinajstić information content (AvgIpc) is 2.53. The molecule has 0 aromatic carbocycles. The molecular formula is C10H9FN2. The molecule has 0 radical (unpaired) electrons. The highest BCUT2D eigenvalue weighted by Gasteiger charge is 2.00. The molecule has 3 heteroatoms. The SMILES string of the molecule is Cn1cccc1-c1ccc(F)nc1. The summed E-state index contributed by atoms with van der Waals surface area (Å²) in [5, 5.41) is 0. The lowest BCUT2D eigenvalue weighted by molar-refractivity contribution is 0.584. The molecule has 0 aliphatic rings. The summed E-state index contributed by atoms with van der Waals surface area (Å²) in [6.07, 6.45) is 3.48. The minimum Gasteiger partial charge on any atom is -0.351 e. The molecule has 0 aliphatic heterocycles. The van der Waals surface area contributed by atoms with Gasteiger partial charge in [0.2, 0.25) is 5.95 Å². The van der Waals surface area contributed by atoms with Crippen LogP contribution < -0.4 is 0 Å². The molecule has 0 saturated carbocycles. The standard InChI is InChI=1S/C10H9FN2/c1-13-6-2-3-9(13)8-4-5-10(11)12-7-8/h2-7H,1H3. The van der Waals surface area contributed by atoms with Crippen LogP contribution in [-0.2, 0) is 7.05 Å². The number of pyridine rings is 1. The van der Waals surface area contributed by atoms with Crippen LogP contribution >= 0.6 is 0 Å². The Morgan fingerprint density at radius 3 is 2.69 bits per heavy atom. The van der Waals surface area contributed by atoms with Gasteiger partial charge in [0, 0.05) is 30.7 Å². The van der Waals surface area contributed by atoms with Crippen LogP contribution in [0.15, 0.2) is 36.7 Å². The Morgan fingerprint density at radius 1 is 1.31 bits per heavy atom. The number of aromatic nitrogens is 2. The molecule has 66 valence electrons. The molecule has 2 heterocycles. The molecule has 0 fully saturated rings. The predicted octanol–water partition coefficient (Wildman–Crippen LogP) is 2.23. The molecule has 0 unspecified atom stereocenters. The molecule has 2 nitrogen and oxygen atoms in total. The highest BCUT2D eigenvalue weighted by molar-refractivity contribution is 5.58. The Bertz CT molecular complexity index is 403. The number of hydrogen-bond donors (Lipinski definition) is 0. The van der Waals surface area contributed by atoms with Crippen LogP contribution in [0.2, 0.25) is 0 Å². The number of nitrogens with zero attached hydrogens (tertiary/aromatic N) is 2. The van der Waals surface area contributed by atoms with E-state index in [1.54, 1.807) is 6.07 Å². The van der Waals surface area contributed by atoms with Gasteiger partial charge in [0.25, 0.3) is 0 Å². The second-order valence-electron chi connectivity index (χ2n) is 2.87. The van der Waals surface area contributed by atoms with Crippen molar-refractivity contribution < 1.29 is 4.39 Å². The quantitative estimate of drug-likeness (QED) is 0.609. The third-order valence-electron chi connectivity index (χ3n) is 1.97. The number of halogens is 1. The van der Waals surface area contributed by atoms with E-state index in [4.69, 9.17) is 0 Å². The van der Waals surface area contributed by atoms with E-state index in [1.165, 1.54) is 12.3 Å². The van der Waals surface area contributed by atoms with Crippen molar-refractivity contribution >= 4 is 0 Å². The van der Waals surface area contributed by atoms with Crippen LogP contribution in [0.5, 0.6) is 0 Å². The number of rotatable bonds is 1. The van der Waals surface area contributed by atoms with Crippen molar-refractivity contribution in [2.24, 2.45) is 7.05 Å². The second-order valence-corrected chi connectivity index (χ2v) is 2.87. The van der Waals surface area contributed by atoms with Crippen molar-refractivity contribution in [3.8, 4) is 11.3 Å². The number of hydrogen-bond acceptors (Lipinski definition) is 1. The summed E-state index contributed by atoms with van der Waals surface area (Å²) in [4.78, 5) is 3.60. The average molecular weight is 176 g/mol. The first-order chi connectivity index (χ1) is 6.27.